The Morgan fingerprint density at radius 3 is 2.79 bits per heavy atom. The molecule has 1 atom stereocenters. The lowest BCUT2D eigenvalue weighted by atomic mass is 9.89. The standard InChI is InChI=1S/C21H20ClN3O4/c1-21(11-13-4-2-3-5-15(13)19(27)29-21)20(28)24-14-6-7-17(16(22)10-14)25-9-8-23-18(26)12-25/h2-7,10H,8-9,11-12H2,1H3,(H,23,26)(H,24,28). The first-order valence-corrected chi connectivity index (χ1v) is 9.67. The predicted molar refractivity (Wildman–Crippen MR) is 109 cm³/mol. The van der Waals surface area contributed by atoms with Crippen LogP contribution in [0, 0.1) is 0 Å². The van der Waals surface area contributed by atoms with E-state index in [0.717, 1.165) is 11.3 Å². The number of ether oxygens (including phenoxy) is 1. The average molecular weight is 414 g/mol. The van der Waals surface area contributed by atoms with E-state index in [0.29, 0.717) is 29.4 Å². The van der Waals surface area contributed by atoms with Gasteiger partial charge in [0.1, 0.15) is 0 Å². The lowest BCUT2D eigenvalue weighted by Crippen LogP contribution is -2.49. The van der Waals surface area contributed by atoms with Crippen molar-refractivity contribution in [3.05, 3.63) is 58.6 Å². The molecule has 0 bridgehead atoms. The molecule has 7 nitrogen and oxygen atoms in total. The Balaban J connectivity index is 1.51. The maximum absolute atomic E-state index is 12.9. The molecule has 4 rings (SSSR count). The molecule has 2 aromatic carbocycles. The van der Waals surface area contributed by atoms with Crippen molar-refractivity contribution in [2.75, 3.05) is 29.9 Å². The Labute approximate surface area is 173 Å². The molecule has 2 heterocycles. The van der Waals surface area contributed by atoms with Crippen LogP contribution in [0.1, 0.15) is 22.8 Å². The number of cyclic esters (lactones) is 1. The fourth-order valence-electron chi connectivity index (χ4n) is 3.61. The Morgan fingerprint density at radius 1 is 1.24 bits per heavy atom. The Bertz CT molecular complexity index is 1010. The zero-order chi connectivity index (χ0) is 20.6. The van der Waals surface area contributed by atoms with E-state index < -0.39 is 17.5 Å². The number of hydrogen-bond acceptors (Lipinski definition) is 5. The first kappa shape index (κ1) is 19.3. The fraction of sp³-hybridized carbons (Fsp3) is 0.286. The van der Waals surface area contributed by atoms with Crippen molar-refractivity contribution in [1.82, 2.24) is 5.32 Å². The number of rotatable bonds is 3. The quantitative estimate of drug-likeness (QED) is 0.754. The number of amides is 2. The first-order valence-electron chi connectivity index (χ1n) is 9.30. The van der Waals surface area contributed by atoms with Crippen molar-refractivity contribution in [3.8, 4) is 0 Å². The SMILES string of the molecule is CC1(C(=O)Nc2ccc(N3CCNC(=O)C3)c(Cl)c2)Cc2ccccc2C(=O)O1. The summed E-state index contributed by atoms with van der Waals surface area (Å²) in [5.74, 6) is -1.00. The molecule has 29 heavy (non-hydrogen) atoms. The van der Waals surface area contributed by atoms with Crippen LogP contribution < -0.4 is 15.5 Å². The fourth-order valence-corrected chi connectivity index (χ4v) is 3.91. The van der Waals surface area contributed by atoms with Gasteiger partial charge in [-0.25, -0.2) is 4.79 Å². The summed E-state index contributed by atoms with van der Waals surface area (Å²) in [6.07, 6.45) is 0.287. The number of nitrogens with zero attached hydrogens (tertiary/aromatic N) is 1. The maximum atomic E-state index is 12.9. The smallest absolute Gasteiger partial charge is 0.339 e. The van der Waals surface area contributed by atoms with E-state index in [1.165, 1.54) is 0 Å². The Kier molecular flexibility index (Phi) is 4.92. The summed E-state index contributed by atoms with van der Waals surface area (Å²) in [5.41, 5.74) is 1.15. The summed E-state index contributed by atoms with van der Waals surface area (Å²) < 4.78 is 5.46. The van der Waals surface area contributed by atoms with E-state index in [1.807, 2.05) is 17.0 Å². The highest BCUT2D eigenvalue weighted by molar-refractivity contribution is 6.33. The predicted octanol–water partition coefficient (Wildman–Crippen LogP) is 2.39. The van der Waals surface area contributed by atoms with Gasteiger partial charge >= 0.3 is 5.97 Å². The van der Waals surface area contributed by atoms with Crippen LogP contribution in [0.3, 0.4) is 0 Å². The van der Waals surface area contributed by atoms with Gasteiger partial charge in [0.05, 0.1) is 22.8 Å². The van der Waals surface area contributed by atoms with E-state index in [2.05, 4.69) is 10.6 Å². The number of benzene rings is 2. The van der Waals surface area contributed by atoms with E-state index in [4.69, 9.17) is 16.3 Å². The summed E-state index contributed by atoms with van der Waals surface area (Å²) in [4.78, 5) is 38.7. The minimum atomic E-state index is -1.32. The van der Waals surface area contributed by atoms with Crippen molar-refractivity contribution in [1.29, 1.82) is 0 Å². The van der Waals surface area contributed by atoms with Crippen molar-refractivity contribution < 1.29 is 19.1 Å². The zero-order valence-corrected chi connectivity index (χ0v) is 16.6. The highest BCUT2D eigenvalue weighted by Gasteiger charge is 2.42. The molecule has 1 unspecified atom stereocenters. The lowest BCUT2D eigenvalue weighted by molar-refractivity contribution is -0.134. The molecule has 150 valence electrons. The molecular weight excluding hydrogens is 394 g/mol. The van der Waals surface area contributed by atoms with Gasteiger partial charge in [-0.3, -0.25) is 9.59 Å². The molecule has 0 aliphatic carbocycles. The maximum Gasteiger partial charge on any atom is 0.339 e. The number of anilines is 2. The minimum absolute atomic E-state index is 0.0583. The van der Waals surface area contributed by atoms with Crippen LogP contribution in [0.25, 0.3) is 0 Å². The third-order valence-corrected chi connectivity index (χ3v) is 5.45. The Hall–Kier alpha value is -3.06. The van der Waals surface area contributed by atoms with Crippen LogP contribution in [-0.2, 0) is 20.7 Å². The summed E-state index contributed by atoms with van der Waals surface area (Å²) >= 11 is 6.39. The minimum Gasteiger partial charge on any atom is -0.445 e. The topological polar surface area (TPSA) is 87.7 Å². The van der Waals surface area contributed by atoms with E-state index in [1.54, 1.807) is 37.3 Å². The van der Waals surface area contributed by atoms with Crippen molar-refractivity contribution in [2.24, 2.45) is 0 Å². The van der Waals surface area contributed by atoms with Crippen LogP contribution in [-0.4, -0.2) is 43.0 Å². The number of carbonyl (C=O) groups is 3. The van der Waals surface area contributed by atoms with Gasteiger partial charge in [-0.1, -0.05) is 29.8 Å². The van der Waals surface area contributed by atoms with Gasteiger partial charge < -0.3 is 20.3 Å². The number of fused-ring (bicyclic) bond motifs is 1. The van der Waals surface area contributed by atoms with Crippen molar-refractivity contribution in [3.63, 3.8) is 0 Å². The van der Waals surface area contributed by atoms with Crippen molar-refractivity contribution >= 4 is 40.8 Å². The number of hydrogen-bond donors (Lipinski definition) is 2. The monoisotopic (exact) mass is 413 g/mol. The van der Waals surface area contributed by atoms with Crippen LogP contribution in [0.15, 0.2) is 42.5 Å². The molecule has 2 aliphatic heterocycles. The van der Waals surface area contributed by atoms with Crippen molar-refractivity contribution in [2.45, 2.75) is 18.9 Å². The highest BCUT2D eigenvalue weighted by Crippen LogP contribution is 2.32. The summed E-state index contributed by atoms with van der Waals surface area (Å²) in [7, 11) is 0. The number of piperazine rings is 1. The number of halogens is 1. The Morgan fingerprint density at radius 2 is 2.03 bits per heavy atom. The van der Waals surface area contributed by atoms with Crippen LogP contribution >= 0.6 is 11.6 Å². The molecule has 0 radical (unpaired) electrons. The number of esters is 1. The molecule has 1 saturated heterocycles. The first-order chi connectivity index (χ1) is 13.9. The van der Waals surface area contributed by atoms with Crippen LogP contribution in [0.5, 0.6) is 0 Å². The second-order valence-corrected chi connectivity index (χ2v) is 7.75. The van der Waals surface area contributed by atoms with Gasteiger partial charge in [0, 0.05) is 25.2 Å². The molecular formula is C21H20ClN3O4. The number of carbonyl (C=O) groups excluding carboxylic acids is 3. The normalized spacial score (nSPS) is 21.1. The third-order valence-electron chi connectivity index (χ3n) is 5.15. The molecule has 0 aromatic heterocycles. The summed E-state index contributed by atoms with van der Waals surface area (Å²) in [5, 5.41) is 5.98. The second-order valence-electron chi connectivity index (χ2n) is 7.35. The molecule has 2 N–H and O–H groups in total. The third kappa shape index (κ3) is 3.78. The average Bonchev–Trinajstić information content (AvgIpc) is 2.68. The molecule has 8 heteroatoms. The molecule has 0 saturated carbocycles. The second kappa shape index (κ2) is 7.40. The van der Waals surface area contributed by atoms with Gasteiger partial charge in [-0.2, -0.15) is 0 Å². The number of nitrogens with one attached hydrogen (secondary N) is 2. The molecule has 2 aliphatic rings. The van der Waals surface area contributed by atoms with Crippen LogP contribution in [0.4, 0.5) is 11.4 Å². The highest BCUT2D eigenvalue weighted by atomic mass is 35.5. The molecule has 0 spiro atoms. The molecule has 2 aromatic rings. The van der Waals surface area contributed by atoms with E-state index in [9.17, 15) is 14.4 Å². The largest absolute Gasteiger partial charge is 0.445 e. The molecule has 1 fully saturated rings. The van der Waals surface area contributed by atoms with Gasteiger partial charge in [0.15, 0.2) is 5.60 Å². The summed E-state index contributed by atoms with van der Waals surface area (Å²) in [6, 6.07) is 12.2. The van der Waals surface area contributed by atoms with Gasteiger partial charge in [-0.05, 0) is 36.8 Å². The van der Waals surface area contributed by atoms with Gasteiger partial charge in [0.25, 0.3) is 5.91 Å². The molecule has 2 amide bonds. The van der Waals surface area contributed by atoms with Gasteiger partial charge in [-0.15, -0.1) is 0 Å². The zero-order valence-electron chi connectivity index (χ0n) is 15.8. The van der Waals surface area contributed by atoms with E-state index in [-0.39, 0.29) is 18.9 Å². The van der Waals surface area contributed by atoms with Gasteiger partial charge in [0.2, 0.25) is 5.91 Å². The summed E-state index contributed by atoms with van der Waals surface area (Å²) in [6.45, 7) is 3.04. The van der Waals surface area contributed by atoms with Crippen LogP contribution in [0.2, 0.25) is 5.02 Å². The van der Waals surface area contributed by atoms with E-state index >= 15 is 0 Å². The lowest BCUT2D eigenvalue weighted by Gasteiger charge is -2.33.